The van der Waals surface area contributed by atoms with E-state index in [0.717, 1.165) is 6.07 Å². The number of ether oxygens (including phenoxy) is 2. The Bertz CT molecular complexity index is 633. The van der Waals surface area contributed by atoms with Crippen molar-refractivity contribution in [3.8, 4) is 11.5 Å². The van der Waals surface area contributed by atoms with E-state index in [-0.39, 0.29) is 11.1 Å². The van der Waals surface area contributed by atoms with Gasteiger partial charge in [-0.05, 0) is 30.3 Å². The van der Waals surface area contributed by atoms with Crippen molar-refractivity contribution in [1.29, 1.82) is 0 Å². The van der Waals surface area contributed by atoms with Gasteiger partial charge in [-0.3, -0.25) is 4.79 Å². The molecule has 0 radical (unpaired) electrons. The Kier molecular flexibility index (Phi) is 4.25. The van der Waals surface area contributed by atoms with Gasteiger partial charge in [-0.15, -0.1) is 0 Å². The number of carbonyl (C=O) groups is 1. The topological polar surface area (TPSA) is 35.5 Å². The second-order valence-corrected chi connectivity index (χ2v) is 4.49. The molecular weight excluding hydrogens is 283 g/mol. The zero-order valence-corrected chi connectivity index (χ0v) is 11.7. The van der Waals surface area contributed by atoms with Gasteiger partial charge in [0.05, 0.1) is 19.8 Å². The normalized spacial score (nSPS) is 10.2. The Morgan fingerprint density at radius 1 is 1.05 bits per heavy atom. The number of ketones is 1. The molecular formula is C15H12ClFO3. The fourth-order valence-corrected chi connectivity index (χ4v) is 1.94. The molecule has 20 heavy (non-hydrogen) atoms. The molecule has 5 heteroatoms. The molecule has 2 aromatic rings. The average molecular weight is 295 g/mol. The molecule has 0 saturated carbocycles. The molecule has 104 valence electrons. The molecule has 0 unspecified atom stereocenters. The van der Waals surface area contributed by atoms with Gasteiger partial charge in [0.15, 0.2) is 5.78 Å². The van der Waals surface area contributed by atoms with Gasteiger partial charge >= 0.3 is 0 Å². The van der Waals surface area contributed by atoms with E-state index in [1.54, 1.807) is 6.07 Å². The second kappa shape index (κ2) is 5.92. The van der Waals surface area contributed by atoms with Crippen LogP contribution in [-0.4, -0.2) is 20.0 Å². The van der Waals surface area contributed by atoms with Gasteiger partial charge in [0.25, 0.3) is 0 Å². The van der Waals surface area contributed by atoms with Crippen molar-refractivity contribution in [3.05, 3.63) is 58.4 Å². The average Bonchev–Trinajstić information content (AvgIpc) is 2.48. The van der Waals surface area contributed by atoms with Crippen molar-refractivity contribution in [1.82, 2.24) is 0 Å². The molecule has 0 aromatic heterocycles. The lowest BCUT2D eigenvalue weighted by Gasteiger charge is -2.08. The van der Waals surface area contributed by atoms with Gasteiger partial charge in [0.1, 0.15) is 17.3 Å². The third kappa shape index (κ3) is 2.91. The summed E-state index contributed by atoms with van der Waals surface area (Å²) in [7, 11) is 2.95. The van der Waals surface area contributed by atoms with Crippen LogP contribution in [-0.2, 0) is 0 Å². The number of carbonyl (C=O) groups excluding carboxylic acids is 1. The van der Waals surface area contributed by atoms with Crippen LogP contribution in [0.1, 0.15) is 15.9 Å². The van der Waals surface area contributed by atoms with Crippen LogP contribution in [0.3, 0.4) is 0 Å². The summed E-state index contributed by atoms with van der Waals surface area (Å²) in [6.07, 6.45) is 0. The summed E-state index contributed by atoms with van der Waals surface area (Å²) in [5, 5.41) is 0.296. The minimum Gasteiger partial charge on any atom is -0.497 e. The first kappa shape index (κ1) is 14.3. The number of benzene rings is 2. The largest absolute Gasteiger partial charge is 0.497 e. The summed E-state index contributed by atoms with van der Waals surface area (Å²) in [6, 6.07) is 8.51. The molecule has 0 atom stereocenters. The van der Waals surface area contributed by atoms with Crippen LogP contribution in [0.15, 0.2) is 36.4 Å². The van der Waals surface area contributed by atoms with E-state index in [1.807, 2.05) is 0 Å². The Balaban J connectivity index is 2.50. The van der Waals surface area contributed by atoms with Gasteiger partial charge in [-0.1, -0.05) is 11.6 Å². The van der Waals surface area contributed by atoms with E-state index < -0.39 is 11.6 Å². The minimum atomic E-state index is -0.624. The smallest absolute Gasteiger partial charge is 0.196 e. The highest BCUT2D eigenvalue weighted by atomic mass is 35.5. The molecule has 0 spiro atoms. The summed E-state index contributed by atoms with van der Waals surface area (Å²) < 4.78 is 23.9. The fourth-order valence-electron chi connectivity index (χ4n) is 1.77. The Morgan fingerprint density at radius 2 is 1.65 bits per heavy atom. The van der Waals surface area contributed by atoms with E-state index in [2.05, 4.69) is 0 Å². The number of hydrogen-bond donors (Lipinski definition) is 0. The van der Waals surface area contributed by atoms with Crippen molar-refractivity contribution >= 4 is 17.4 Å². The van der Waals surface area contributed by atoms with Gasteiger partial charge in [0.2, 0.25) is 0 Å². The summed E-state index contributed by atoms with van der Waals surface area (Å²) >= 11 is 5.80. The zero-order valence-electron chi connectivity index (χ0n) is 10.9. The van der Waals surface area contributed by atoms with Crippen molar-refractivity contribution in [3.63, 3.8) is 0 Å². The van der Waals surface area contributed by atoms with Crippen LogP contribution in [0.5, 0.6) is 11.5 Å². The molecule has 0 amide bonds. The van der Waals surface area contributed by atoms with E-state index in [0.29, 0.717) is 16.5 Å². The molecule has 0 heterocycles. The number of halogens is 2. The molecule has 0 aliphatic rings. The van der Waals surface area contributed by atoms with Crippen LogP contribution >= 0.6 is 11.6 Å². The molecule has 0 aliphatic carbocycles. The van der Waals surface area contributed by atoms with Crippen LogP contribution in [0.25, 0.3) is 0 Å². The number of rotatable bonds is 4. The molecule has 0 saturated heterocycles. The van der Waals surface area contributed by atoms with Crippen LogP contribution < -0.4 is 9.47 Å². The van der Waals surface area contributed by atoms with E-state index in [1.165, 1.54) is 38.5 Å². The predicted molar refractivity (Wildman–Crippen MR) is 74.4 cm³/mol. The monoisotopic (exact) mass is 294 g/mol. The lowest BCUT2D eigenvalue weighted by molar-refractivity contribution is 0.103. The molecule has 0 aliphatic heterocycles. The van der Waals surface area contributed by atoms with Crippen LogP contribution in [0.4, 0.5) is 4.39 Å². The Hall–Kier alpha value is -2.07. The maximum atomic E-state index is 13.7. The summed E-state index contributed by atoms with van der Waals surface area (Å²) in [6.45, 7) is 0. The first-order valence-electron chi connectivity index (χ1n) is 5.78. The maximum Gasteiger partial charge on any atom is 0.196 e. The van der Waals surface area contributed by atoms with E-state index in [9.17, 15) is 9.18 Å². The standard InChI is InChI=1S/C15H12ClFO3/c1-19-11-5-9(6-12(8-11)20-2)15(18)13-7-10(16)3-4-14(13)17/h3-8H,1-2H3. The van der Waals surface area contributed by atoms with Gasteiger partial charge in [-0.25, -0.2) is 4.39 Å². The SMILES string of the molecule is COc1cc(OC)cc(C(=O)c2cc(Cl)ccc2F)c1. The van der Waals surface area contributed by atoms with E-state index >= 15 is 0 Å². The highest BCUT2D eigenvalue weighted by Gasteiger charge is 2.16. The summed E-state index contributed by atoms with van der Waals surface area (Å²) in [5.74, 6) is -0.200. The molecule has 2 rings (SSSR count). The summed E-state index contributed by atoms with van der Waals surface area (Å²) in [5.41, 5.74) is 0.176. The fraction of sp³-hybridized carbons (Fsp3) is 0.133. The van der Waals surface area contributed by atoms with Gasteiger partial charge < -0.3 is 9.47 Å². The van der Waals surface area contributed by atoms with Crippen molar-refractivity contribution in [2.45, 2.75) is 0 Å². The maximum absolute atomic E-state index is 13.7. The van der Waals surface area contributed by atoms with E-state index in [4.69, 9.17) is 21.1 Å². The van der Waals surface area contributed by atoms with Gasteiger partial charge in [0, 0.05) is 16.7 Å². The number of hydrogen-bond acceptors (Lipinski definition) is 3. The molecule has 3 nitrogen and oxygen atoms in total. The Morgan fingerprint density at radius 3 is 2.20 bits per heavy atom. The second-order valence-electron chi connectivity index (χ2n) is 4.05. The quantitative estimate of drug-likeness (QED) is 0.806. The first-order valence-corrected chi connectivity index (χ1v) is 6.15. The van der Waals surface area contributed by atoms with Gasteiger partial charge in [-0.2, -0.15) is 0 Å². The summed E-state index contributed by atoms with van der Waals surface area (Å²) in [4.78, 5) is 12.3. The molecule has 0 bridgehead atoms. The van der Waals surface area contributed by atoms with Crippen LogP contribution in [0, 0.1) is 5.82 Å². The lowest BCUT2D eigenvalue weighted by atomic mass is 10.0. The van der Waals surface area contributed by atoms with Crippen molar-refractivity contribution < 1.29 is 18.7 Å². The highest BCUT2D eigenvalue weighted by Crippen LogP contribution is 2.25. The molecule has 0 fully saturated rings. The lowest BCUT2D eigenvalue weighted by Crippen LogP contribution is -2.05. The molecule has 2 aromatic carbocycles. The highest BCUT2D eigenvalue weighted by molar-refractivity contribution is 6.31. The molecule has 0 N–H and O–H groups in total. The Labute approximate surface area is 120 Å². The number of methoxy groups -OCH3 is 2. The van der Waals surface area contributed by atoms with Crippen molar-refractivity contribution in [2.75, 3.05) is 14.2 Å². The first-order chi connectivity index (χ1) is 9.55. The minimum absolute atomic E-state index is 0.0900. The third-order valence-corrected chi connectivity index (χ3v) is 3.02. The third-order valence-electron chi connectivity index (χ3n) is 2.79. The zero-order chi connectivity index (χ0) is 14.7. The van der Waals surface area contributed by atoms with Crippen LogP contribution in [0.2, 0.25) is 5.02 Å². The van der Waals surface area contributed by atoms with Crippen molar-refractivity contribution in [2.24, 2.45) is 0 Å². The predicted octanol–water partition coefficient (Wildman–Crippen LogP) is 3.73.